The largest absolute Gasteiger partial charge is 0.497 e. The highest BCUT2D eigenvalue weighted by Crippen LogP contribution is 2.36. The molecule has 3 rings (SSSR count). The number of nitrogens with zero attached hydrogens (tertiary/aromatic N) is 1. The summed E-state index contributed by atoms with van der Waals surface area (Å²) in [7, 11) is 4.60. The molecule has 0 bridgehead atoms. The van der Waals surface area contributed by atoms with Crippen molar-refractivity contribution in [2.75, 3.05) is 38.3 Å². The lowest BCUT2D eigenvalue weighted by Crippen LogP contribution is -2.43. The third-order valence-corrected chi connectivity index (χ3v) is 5.99. The van der Waals surface area contributed by atoms with E-state index in [9.17, 15) is 9.59 Å². The molecule has 1 aliphatic heterocycles. The third kappa shape index (κ3) is 5.45. The van der Waals surface area contributed by atoms with Crippen molar-refractivity contribution in [3.63, 3.8) is 0 Å². The number of thioether (sulfide) groups is 1. The number of carbonyl (C=O) groups excluding carboxylic acids is 2. The van der Waals surface area contributed by atoms with Crippen LogP contribution in [-0.4, -0.2) is 55.7 Å². The van der Waals surface area contributed by atoms with Gasteiger partial charge in [0.05, 0.1) is 32.2 Å². The molecule has 0 aliphatic carbocycles. The van der Waals surface area contributed by atoms with Crippen molar-refractivity contribution in [3.05, 3.63) is 53.1 Å². The highest BCUT2D eigenvalue weighted by atomic mass is 35.5. The smallest absolute Gasteiger partial charge is 0.248 e. The number of carbonyl (C=O) groups is 2. The SMILES string of the molecule is COc1ccc(NC(=O)C2CSCN2C(=O)/C=C/c2cc(Cl)c(OC)c(OC)c2)cc1. The number of anilines is 1. The van der Waals surface area contributed by atoms with Crippen molar-refractivity contribution < 1.29 is 23.8 Å². The molecule has 2 aromatic rings. The van der Waals surface area contributed by atoms with E-state index in [4.69, 9.17) is 25.8 Å². The van der Waals surface area contributed by atoms with E-state index in [1.54, 1.807) is 54.5 Å². The Bertz CT molecular complexity index is 981. The number of ether oxygens (including phenoxy) is 3. The second-order valence-corrected chi connectivity index (χ2v) is 8.02. The van der Waals surface area contributed by atoms with Crippen LogP contribution < -0.4 is 19.5 Å². The van der Waals surface area contributed by atoms with Crippen molar-refractivity contribution in [1.29, 1.82) is 0 Å². The first-order valence-electron chi connectivity index (χ1n) is 9.39. The fraction of sp³-hybridized carbons (Fsp3) is 0.273. The summed E-state index contributed by atoms with van der Waals surface area (Å²) in [6.07, 6.45) is 3.06. The molecule has 164 valence electrons. The summed E-state index contributed by atoms with van der Waals surface area (Å²) >= 11 is 7.75. The van der Waals surface area contributed by atoms with E-state index >= 15 is 0 Å². The lowest BCUT2D eigenvalue weighted by molar-refractivity contribution is -0.132. The predicted octanol–water partition coefficient (Wildman–Crippen LogP) is 3.92. The molecular formula is C22H23ClN2O5S. The Balaban J connectivity index is 1.69. The van der Waals surface area contributed by atoms with Crippen LogP contribution >= 0.6 is 23.4 Å². The minimum atomic E-state index is -0.557. The molecule has 7 nitrogen and oxygen atoms in total. The summed E-state index contributed by atoms with van der Waals surface area (Å²) in [4.78, 5) is 27.1. The number of halogens is 1. The van der Waals surface area contributed by atoms with E-state index in [2.05, 4.69) is 5.32 Å². The predicted molar refractivity (Wildman–Crippen MR) is 123 cm³/mol. The molecule has 1 aliphatic rings. The van der Waals surface area contributed by atoms with E-state index < -0.39 is 6.04 Å². The molecular weight excluding hydrogens is 440 g/mol. The topological polar surface area (TPSA) is 77.1 Å². The molecule has 31 heavy (non-hydrogen) atoms. The van der Waals surface area contributed by atoms with Crippen LogP contribution in [-0.2, 0) is 9.59 Å². The van der Waals surface area contributed by atoms with Crippen LogP contribution in [0.3, 0.4) is 0 Å². The molecule has 0 radical (unpaired) electrons. The minimum absolute atomic E-state index is 0.230. The van der Waals surface area contributed by atoms with Crippen molar-refractivity contribution in [2.24, 2.45) is 0 Å². The van der Waals surface area contributed by atoms with Gasteiger partial charge in [-0.15, -0.1) is 11.8 Å². The summed E-state index contributed by atoms with van der Waals surface area (Å²) in [5.41, 5.74) is 1.33. The second kappa shape index (κ2) is 10.5. The van der Waals surface area contributed by atoms with Gasteiger partial charge in [0.2, 0.25) is 11.8 Å². The number of amides is 2. The van der Waals surface area contributed by atoms with Gasteiger partial charge in [-0.1, -0.05) is 11.6 Å². The Morgan fingerprint density at radius 3 is 2.52 bits per heavy atom. The number of benzene rings is 2. The normalized spacial score (nSPS) is 15.7. The summed E-state index contributed by atoms with van der Waals surface area (Å²) < 4.78 is 15.6. The maximum atomic E-state index is 12.8. The van der Waals surface area contributed by atoms with Crippen LogP contribution in [0.5, 0.6) is 17.2 Å². The Labute approximate surface area is 190 Å². The fourth-order valence-electron chi connectivity index (χ4n) is 3.07. The van der Waals surface area contributed by atoms with Gasteiger partial charge in [0.25, 0.3) is 0 Å². The number of methoxy groups -OCH3 is 3. The highest BCUT2D eigenvalue weighted by Gasteiger charge is 2.33. The number of rotatable bonds is 7. The molecule has 1 fully saturated rings. The van der Waals surface area contributed by atoms with Crippen LogP contribution in [0.15, 0.2) is 42.5 Å². The first-order valence-corrected chi connectivity index (χ1v) is 10.9. The van der Waals surface area contributed by atoms with E-state index in [0.717, 1.165) is 0 Å². The summed E-state index contributed by atoms with van der Waals surface area (Å²) in [5.74, 6) is 2.08. The maximum Gasteiger partial charge on any atom is 0.248 e. The lowest BCUT2D eigenvalue weighted by atomic mass is 10.1. The van der Waals surface area contributed by atoms with Crippen LogP contribution in [0.4, 0.5) is 5.69 Å². The van der Waals surface area contributed by atoms with Gasteiger partial charge in [0.1, 0.15) is 11.8 Å². The molecule has 1 atom stereocenters. The second-order valence-electron chi connectivity index (χ2n) is 6.61. The zero-order chi connectivity index (χ0) is 22.4. The summed E-state index contributed by atoms with van der Waals surface area (Å²) in [5, 5.41) is 3.23. The minimum Gasteiger partial charge on any atom is -0.497 e. The third-order valence-electron chi connectivity index (χ3n) is 4.70. The van der Waals surface area contributed by atoms with Crippen molar-refractivity contribution in [2.45, 2.75) is 6.04 Å². The molecule has 2 aromatic carbocycles. The lowest BCUT2D eigenvalue weighted by Gasteiger charge is -2.21. The van der Waals surface area contributed by atoms with Crippen molar-refractivity contribution >= 4 is 46.9 Å². The molecule has 0 spiro atoms. The van der Waals surface area contributed by atoms with E-state index in [0.29, 0.717) is 45.2 Å². The Hall–Kier alpha value is -2.84. The van der Waals surface area contributed by atoms with Crippen LogP contribution in [0.2, 0.25) is 5.02 Å². The van der Waals surface area contributed by atoms with Gasteiger partial charge >= 0.3 is 0 Å². The van der Waals surface area contributed by atoms with Gasteiger partial charge in [-0.2, -0.15) is 0 Å². The molecule has 1 N–H and O–H groups in total. The molecule has 0 aromatic heterocycles. The van der Waals surface area contributed by atoms with Crippen LogP contribution in [0.25, 0.3) is 6.08 Å². The first kappa shape index (κ1) is 22.8. The first-order chi connectivity index (χ1) is 15.0. The van der Waals surface area contributed by atoms with E-state index in [1.807, 2.05) is 0 Å². The van der Waals surface area contributed by atoms with Crippen molar-refractivity contribution in [3.8, 4) is 17.2 Å². The van der Waals surface area contributed by atoms with Gasteiger partial charge in [0.15, 0.2) is 11.5 Å². The average molecular weight is 463 g/mol. The van der Waals surface area contributed by atoms with Gasteiger partial charge in [-0.05, 0) is 48.0 Å². The highest BCUT2D eigenvalue weighted by molar-refractivity contribution is 7.99. The van der Waals surface area contributed by atoms with Crippen LogP contribution in [0.1, 0.15) is 5.56 Å². The molecule has 9 heteroatoms. The monoisotopic (exact) mass is 462 g/mol. The molecule has 1 unspecified atom stereocenters. The summed E-state index contributed by atoms with van der Waals surface area (Å²) in [6.45, 7) is 0. The Morgan fingerprint density at radius 1 is 1.13 bits per heavy atom. The number of hydrogen-bond acceptors (Lipinski definition) is 6. The van der Waals surface area contributed by atoms with Gasteiger partial charge in [-0.3, -0.25) is 9.59 Å². The van der Waals surface area contributed by atoms with Crippen molar-refractivity contribution in [1.82, 2.24) is 4.90 Å². The van der Waals surface area contributed by atoms with Gasteiger partial charge in [0, 0.05) is 17.5 Å². The van der Waals surface area contributed by atoms with E-state index in [-0.39, 0.29) is 11.8 Å². The quantitative estimate of drug-likeness (QED) is 0.628. The summed E-state index contributed by atoms with van der Waals surface area (Å²) in [6, 6.07) is 9.88. The molecule has 2 amide bonds. The van der Waals surface area contributed by atoms with Gasteiger partial charge < -0.3 is 24.4 Å². The van der Waals surface area contributed by atoms with Crippen LogP contribution in [0, 0.1) is 0 Å². The average Bonchev–Trinajstić information content (AvgIpc) is 3.27. The van der Waals surface area contributed by atoms with Gasteiger partial charge in [-0.25, -0.2) is 0 Å². The Morgan fingerprint density at radius 2 is 1.87 bits per heavy atom. The molecule has 0 saturated carbocycles. The molecule has 1 heterocycles. The standard InChI is InChI=1S/C22H23ClN2O5S/c1-28-16-7-5-15(6-8-16)24-22(27)18-12-31-13-25(18)20(26)9-4-14-10-17(23)21(30-3)19(11-14)29-2/h4-11,18H,12-13H2,1-3H3,(H,24,27)/b9-4+. The fourth-order valence-corrected chi connectivity index (χ4v) is 4.53. The zero-order valence-corrected chi connectivity index (χ0v) is 19.0. The maximum absolute atomic E-state index is 12.8. The van der Waals surface area contributed by atoms with E-state index in [1.165, 1.54) is 32.1 Å². The Kier molecular flexibility index (Phi) is 7.70. The molecule has 1 saturated heterocycles. The number of hydrogen-bond donors (Lipinski definition) is 1. The number of nitrogens with one attached hydrogen (secondary N) is 1. The zero-order valence-electron chi connectivity index (χ0n) is 17.4.